The Morgan fingerprint density at radius 3 is 2.65 bits per heavy atom. The number of aromatic nitrogens is 1. The zero-order chi connectivity index (χ0) is 18.3. The second kappa shape index (κ2) is 7.05. The number of rotatable bonds is 4. The SMILES string of the molecule is CCC1c2c(c3cc(Cl)ccc3n2CCc2ccc(F)cc2)CCN1C. The highest BCUT2D eigenvalue weighted by Gasteiger charge is 2.29. The van der Waals surface area contributed by atoms with Crippen molar-refractivity contribution in [1.82, 2.24) is 9.47 Å². The average molecular weight is 371 g/mol. The summed E-state index contributed by atoms with van der Waals surface area (Å²) in [5.41, 5.74) is 5.30. The Hall–Kier alpha value is -1.84. The molecular formula is C22H24ClFN2. The number of hydrogen-bond donors (Lipinski definition) is 0. The van der Waals surface area contributed by atoms with Gasteiger partial charge in [0.05, 0.1) is 0 Å². The van der Waals surface area contributed by atoms with Gasteiger partial charge in [0, 0.05) is 40.8 Å². The molecule has 136 valence electrons. The minimum Gasteiger partial charge on any atom is -0.342 e. The van der Waals surface area contributed by atoms with Crippen molar-refractivity contribution in [3.63, 3.8) is 0 Å². The molecule has 3 aromatic rings. The van der Waals surface area contributed by atoms with Gasteiger partial charge < -0.3 is 4.57 Å². The van der Waals surface area contributed by atoms with Crippen LogP contribution in [-0.2, 0) is 19.4 Å². The van der Waals surface area contributed by atoms with E-state index in [0.717, 1.165) is 42.9 Å². The van der Waals surface area contributed by atoms with Crippen LogP contribution >= 0.6 is 11.6 Å². The van der Waals surface area contributed by atoms with E-state index in [4.69, 9.17) is 11.6 Å². The van der Waals surface area contributed by atoms with Gasteiger partial charge in [-0.15, -0.1) is 0 Å². The maximum Gasteiger partial charge on any atom is 0.123 e. The lowest BCUT2D eigenvalue weighted by Crippen LogP contribution is -2.33. The molecule has 1 unspecified atom stereocenters. The summed E-state index contributed by atoms with van der Waals surface area (Å²) in [6.07, 6.45) is 3.03. The van der Waals surface area contributed by atoms with Crippen molar-refractivity contribution in [1.29, 1.82) is 0 Å². The zero-order valence-corrected chi connectivity index (χ0v) is 16.1. The second-order valence-electron chi connectivity index (χ2n) is 7.21. The van der Waals surface area contributed by atoms with Gasteiger partial charge in [-0.3, -0.25) is 4.90 Å². The topological polar surface area (TPSA) is 8.17 Å². The highest BCUT2D eigenvalue weighted by atomic mass is 35.5. The minimum atomic E-state index is -0.181. The third-order valence-electron chi connectivity index (χ3n) is 5.66. The van der Waals surface area contributed by atoms with Crippen LogP contribution in [0, 0.1) is 5.82 Å². The van der Waals surface area contributed by atoms with Crippen LogP contribution in [0.5, 0.6) is 0 Å². The van der Waals surface area contributed by atoms with E-state index in [2.05, 4.69) is 35.6 Å². The molecule has 0 saturated heterocycles. The van der Waals surface area contributed by atoms with Gasteiger partial charge in [-0.05, 0) is 67.8 Å². The van der Waals surface area contributed by atoms with Crippen molar-refractivity contribution in [2.45, 2.75) is 38.8 Å². The van der Waals surface area contributed by atoms with Crippen LogP contribution < -0.4 is 0 Å². The number of nitrogens with zero attached hydrogens (tertiary/aromatic N) is 2. The molecule has 0 radical (unpaired) electrons. The van der Waals surface area contributed by atoms with Crippen LogP contribution in [0.2, 0.25) is 5.02 Å². The Balaban J connectivity index is 1.79. The summed E-state index contributed by atoms with van der Waals surface area (Å²) in [7, 11) is 2.21. The molecule has 0 fully saturated rings. The van der Waals surface area contributed by atoms with Crippen LogP contribution in [0.1, 0.15) is 36.2 Å². The normalized spacial score (nSPS) is 17.6. The molecule has 0 saturated carbocycles. The first-order valence-electron chi connectivity index (χ1n) is 9.33. The summed E-state index contributed by atoms with van der Waals surface area (Å²) < 4.78 is 15.7. The Morgan fingerprint density at radius 1 is 1.15 bits per heavy atom. The summed E-state index contributed by atoms with van der Waals surface area (Å²) in [6, 6.07) is 13.5. The molecule has 0 bridgehead atoms. The molecule has 0 aliphatic carbocycles. The van der Waals surface area contributed by atoms with E-state index in [1.165, 1.54) is 22.2 Å². The fourth-order valence-electron chi connectivity index (χ4n) is 4.35. The predicted octanol–water partition coefficient (Wildman–Crippen LogP) is 5.62. The van der Waals surface area contributed by atoms with Gasteiger partial charge in [0.15, 0.2) is 0 Å². The molecule has 2 aromatic carbocycles. The molecule has 0 amide bonds. The third-order valence-corrected chi connectivity index (χ3v) is 5.90. The number of fused-ring (bicyclic) bond motifs is 3. The number of halogens is 2. The summed E-state index contributed by atoms with van der Waals surface area (Å²) in [4.78, 5) is 2.46. The highest BCUT2D eigenvalue weighted by molar-refractivity contribution is 6.31. The van der Waals surface area contributed by atoms with E-state index in [9.17, 15) is 4.39 Å². The molecule has 4 heteroatoms. The van der Waals surface area contributed by atoms with Crippen molar-refractivity contribution in [2.24, 2.45) is 0 Å². The Kier molecular flexibility index (Phi) is 4.76. The van der Waals surface area contributed by atoms with E-state index >= 15 is 0 Å². The first-order chi connectivity index (χ1) is 12.6. The van der Waals surface area contributed by atoms with Gasteiger partial charge in [-0.25, -0.2) is 4.39 Å². The van der Waals surface area contributed by atoms with Crippen LogP contribution in [0.25, 0.3) is 10.9 Å². The second-order valence-corrected chi connectivity index (χ2v) is 7.64. The maximum absolute atomic E-state index is 13.2. The van der Waals surface area contributed by atoms with Crippen molar-refractivity contribution in [3.8, 4) is 0 Å². The summed E-state index contributed by atoms with van der Waals surface area (Å²) in [5, 5.41) is 2.08. The number of hydrogen-bond acceptors (Lipinski definition) is 1. The predicted molar refractivity (Wildman–Crippen MR) is 106 cm³/mol. The highest BCUT2D eigenvalue weighted by Crippen LogP contribution is 2.39. The molecule has 1 aliphatic heterocycles. The van der Waals surface area contributed by atoms with Crippen LogP contribution in [-0.4, -0.2) is 23.1 Å². The molecule has 1 atom stereocenters. The van der Waals surface area contributed by atoms with E-state index in [1.54, 1.807) is 12.1 Å². The van der Waals surface area contributed by atoms with Crippen molar-refractivity contribution >= 4 is 22.5 Å². The zero-order valence-electron chi connectivity index (χ0n) is 15.3. The van der Waals surface area contributed by atoms with E-state index in [0.29, 0.717) is 6.04 Å². The fourth-order valence-corrected chi connectivity index (χ4v) is 4.52. The van der Waals surface area contributed by atoms with E-state index < -0.39 is 0 Å². The molecule has 1 aliphatic rings. The molecule has 4 rings (SSSR count). The van der Waals surface area contributed by atoms with Gasteiger partial charge >= 0.3 is 0 Å². The van der Waals surface area contributed by atoms with Crippen LogP contribution in [0.3, 0.4) is 0 Å². The molecule has 2 nitrogen and oxygen atoms in total. The van der Waals surface area contributed by atoms with Gasteiger partial charge in [0.2, 0.25) is 0 Å². The lowest BCUT2D eigenvalue weighted by atomic mass is 9.96. The van der Waals surface area contributed by atoms with Crippen molar-refractivity contribution in [3.05, 3.63) is 70.1 Å². The standard InChI is InChI=1S/C22H24ClFN2/c1-3-20-22-18(11-12-25(20)2)19-14-16(23)6-9-21(19)26(22)13-10-15-4-7-17(24)8-5-15/h4-9,14,20H,3,10-13H2,1-2H3. The van der Waals surface area contributed by atoms with E-state index in [-0.39, 0.29) is 5.82 Å². The quantitative estimate of drug-likeness (QED) is 0.579. The van der Waals surface area contributed by atoms with Crippen molar-refractivity contribution in [2.75, 3.05) is 13.6 Å². The molecule has 0 spiro atoms. The summed E-state index contributed by atoms with van der Waals surface area (Å²) in [5.74, 6) is -0.181. The van der Waals surface area contributed by atoms with Crippen LogP contribution in [0.15, 0.2) is 42.5 Å². The Bertz CT molecular complexity index is 929. The Morgan fingerprint density at radius 2 is 1.92 bits per heavy atom. The maximum atomic E-state index is 13.2. The summed E-state index contributed by atoms with van der Waals surface area (Å²) in [6.45, 7) is 4.23. The monoisotopic (exact) mass is 370 g/mol. The van der Waals surface area contributed by atoms with Gasteiger partial charge in [0.25, 0.3) is 0 Å². The number of likely N-dealkylation sites (N-methyl/N-ethyl adjacent to an activating group) is 1. The first kappa shape index (κ1) is 17.6. The smallest absolute Gasteiger partial charge is 0.123 e. The lowest BCUT2D eigenvalue weighted by Gasteiger charge is -2.33. The van der Waals surface area contributed by atoms with Gasteiger partial charge in [0.1, 0.15) is 5.82 Å². The number of benzene rings is 2. The minimum absolute atomic E-state index is 0.181. The van der Waals surface area contributed by atoms with E-state index in [1.807, 2.05) is 18.2 Å². The third kappa shape index (κ3) is 3.04. The number of aryl methyl sites for hydroxylation is 2. The van der Waals surface area contributed by atoms with Gasteiger partial charge in [-0.1, -0.05) is 30.7 Å². The molecule has 0 N–H and O–H groups in total. The molecule has 2 heterocycles. The van der Waals surface area contributed by atoms with Crippen LogP contribution in [0.4, 0.5) is 4.39 Å². The van der Waals surface area contributed by atoms with Gasteiger partial charge in [-0.2, -0.15) is 0 Å². The average Bonchev–Trinajstić information content (AvgIpc) is 2.94. The molecule has 26 heavy (non-hydrogen) atoms. The lowest BCUT2D eigenvalue weighted by molar-refractivity contribution is 0.216. The molecule has 1 aromatic heterocycles. The molecular weight excluding hydrogens is 347 g/mol. The summed E-state index contributed by atoms with van der Waals surface area (Å²) >= 11 is 6.30. The first-order valence-corrected chi connectivity index (χ1v) is 9.71. The largest absolute Gasteiger partial charge is 0.342 e. The fraction of sp³-hybridized carbons (Fsp3) is 0.364. The Labute approximate surface area is 159 Å². The van der Waals surface area contributed by atoms with Crippen molar-refractivity contribution < 1.29 is 4.39 Å².